The van der Waals surface area contributed by atoms with Crippen LogP contribution in [0, 0.1) is 0 Å². The summed E-state index contributed by atoms with van der Waals surface area (Å²) in [6.07, 6.45) is 1.83. The van der Waals surface area contributed by atoms with Crippen molar-refractivity contribution in [3.63, 3.8) is 0 Å². The lowest BCUT2D eigenvalue weighted by Crippen LogP contribution is -2.23. The summed E-state index contributed by atoms with van der Waals surface area (Å²) in [6.45, 7) is 0.442. The van der Waals surface area contributed by atoms with E-state index in [2.05, 4.69) is 10.2 Å². The van der Waals surface area contributed by atoms with Crippen molar-refractivity contribution in [1.82, 2.24) is 14.6 Å². The van der Waals surface area contributed by atoms with Gasteiger partial charge in [0.2, 0.25) is 4.96 Å². The zero-order valence-electron chi connectivity index (χ0n) is 18.6. The minimum Gasteiger partial charge on any atom is -0.493 e. The van der Waals surface area contributed by atoms with Crippen molar-refractivity contribution in [3.05, 3.63) is 98.8 Å². The summed E-state index contributed by atoms with van der Waals surface area (Å²) in [5, 5.41) is 8.46. The lowest BCUT2D eigenvalue weighted by atomic mass is 10.2. The number of hydrogen-bond donors (Lipinski definition) is 0. The van der Waals surface area contributed by atoms with Gasteiger partial charge in [0, 0.05) is 11.1 Å². The smallest absolute Gasteiger partial charge is 0.276 e. The Morgan fingerprint density at radius 1 is 0.882 bits per heavy atom. The molecule has 5 rings (SSSR count). The molecule has 0 saturated heterocycles. The van der Waals surface area contributed by atoms with Crippen LogP contribution in [0.5, 0.6) is 17.2 Å². The van der Waals surface area contributed by atoms with Gasteiger partial charge in [-0.2, -0.15) is 0 Å². The molecule has 3 aromatic carbocycles. The fraction of sp³-hybridized carbons (Fsp3) is 0.115. The molecule has 0 saturated carbocycles. The molecule has 0 aliphatic rings. The van der Waals surface area contributed by atoms with E-state index in [1.807, 2.05) is 66.7 Å². The molecule has 0 fully saturated rings. The molecule has 0 bridgehead atoms. The number of nitrogens with zero attached hydrogens (tertiary/aromatic N) is 3. The molecule has 0 unspecified atom stereocenters. The Labute approximate surface area is 199 Å². The van der Waals surface area contributed by atoms with Crippen molar-refractivity contribution in [1.29, 1.82) is 0 Å². The van der Waals surface area contributed by atoms with E-state index in [1.165, 1.54) is 15.7 Å². The third-order valence-electron chi connectivity index (χ3n) is 5.33. The minimum atomic E-state index is -0.187. The number of fused-ring (bicyclic) bond motifs is 1. The first kappa shape index (κ1) is 21.7. The van der Waals surface area contributed by atoms with E-state index >= 15 is 0 Å². The fourth-order valence-corrected chi connectivity index (χ4v) is 4.54. The van der Waals surface area contributed by atoms with Crippen LogP contribution in [0.4, 0.5) is 0 Å². The first-order valence-corrected chi connectivity index (χ1v) is 11.4. The van der Waals surface area contributed by atoms with Gasteiger partial charge in [0.15, 0.2) is 17.3 Å². The maximum absolute atomic E-state index is 13.3. The van der Waals surface area contributed by atoms with Crippen molar-refractivity contribution in [2.75, 3.05) is 14.2 Å². The highest BCUT2D eigenvalue weighted by Gasteiger charge is 2.16. The van der Waals surface area contributed by atoms with Gasteiger partial charge in [0.1, 0.15) is 12.4 Å². The topological polar surface area (TPSA) is 75.0 Å². The number of para-hydroxylation sites is 1. The van der Waals surface area contributed by atoms with E-state index < -0.39 is 0 Å². The van der Waals surface area contributed by atoms with E-state index in [9.17, 15) is 4.79 Å². The summed E-state index contributed by atoms with van der Waals surface area (Å²) < 4.78 is 18.8. The van der Waals surface area contributed by atoms with Crippen LogP contribution >= 0.6 is 11.3 Å². The van der Waals surface area contributed by atoms with Gasteiger partial charge in [-0.1, -0.05) is 59.9 Å². The van der Waals surface area contributed by atoms with Gasteiger partial charge in [0.25, 0.3) is 5.56 Å². The zero-order valence-corrected chi connectivity index (χ0v) is 19.4. The van der Waals surface area contributed by atoms with E-state index in [1.54, 1.807) is 26.4 Å². The van der Waals surface area contributed by atoms with Crippen molar-refractivity contribution in [3.8, 4) is 28.6 Å². The molecule has 0 aliphatic heterocycles. The number of thiazole rings is 1. The number of methoxy groups -OCH3 is 2. The average Bonchev–Trinajstić information content (AvgIpc) is 3.43. The second-order valence-electron chi connectivity index (χ2n) is 7.44. The second kappa shape index (κ2) is 9.36. The van der Waals surface area contributed by atoms with Crippen LogP contribution in [0.25, 0.3) is 22.4 Å². The van der Waals surface area contributed by atoms with Crippen molar-refractivity contribution in [2.45, 2.75) is 6.61 Å². The molecule has 34 heavy (non-hydrogen) atoms. The Hall–Kier alpha value is -4.17. The van der Waals surface area contributed by atoms with Crippen molar-refractivity contribution < 1.29 is 14.2 Å². The van der Waals surface area contributed by atoms with Crippen LogP contribution < -0.4 is 24.3 Å². The molecule has 0 spiro atoms. The molecular formula is C26H21N3O4S. The summed E-state index contributed by atoms with van der Waals surface area (Å²) in [6, 6.07) is 23.0. The molecule has 2 aromatic heterocycles. The highest BCUT2D eigenvalue weighted by atomic mass is 32.1. The predicted molar refractivity (Wildman–Crippen MR) is 132 cm³/mol. The number of ether oxygens (including phenoxy) is 3. The first-order valence-electron chi connectivity index (χ1n) is 10.6. The summed E-state index contributed by atoms with van der Waals surface area (Å²) >= 11 is 1.28. The summed E-state index contributed by atoms with van der Waals surface area (Å²) in [5.41, 5.74) is 2.41. The fourth-order valence-electron chi connectivity index (χ4n) is 3.63. The molecule has 0 N–H and O–H groups in total. The normalized spacial score (nSPS) is 11.6. The second-order valence-corrected chi connectivity index (χ2v) is 8.45. The Balaban J connectivity index is 1.53. The Morgan fingerprint density at radius 3 is 2.44 bits per heavy atom. The third kappa shape index (κ3) is 4.11. The van der Waals surface area contributed by atoms with Gasteiger partial charge in [-0.05, 0) is 35.9 Å². The van der Waals surface area contributed by atoms with E-state index in [0.29, 0.717) is 44.7 Å². The van der Waals surface area contributed by atoms with Gasteiger partial charge in [0.05, 0.1) is 18.8 Å². The average molecular weight is 472 g/mol. The molecule has 0 atom stereocenters. The van der Waals surface area contributed by atoms with Crippen LogP contribution in [0.1, 0.15) is 11.1 Å². The number of hydrogen-bond acceptors (Lipinski definition) is 7. The minimum absolute atomic E-state index is 0.187. The van der Waals surface area contributed by atoms with Gasteiger partial charge in [-0.25, -0.2) is 4.40 Å². The molecule has 0 amide bonds. The number of rotatable bonds is 7. The van der Waals surface area contributed by atoms with Crippen molar-refractivity contribution in [2.24, 2.45) is 0 Å². The molecule has 7 nitrogen and oxygen atoms in total. The molecule has 0 radical (unpaired) electrons. The maximum atomic E-state index is 13.3. The maximum Gasteiger partial charge on any atom is 0.276 e. The van der Waals surface area contributed by atoms with Crippen LogP contribution in [0.15, 0.2) is 77.6 Å². The van der Waals surface area contributed by atoms with E-state index in [-0.39, 0.29) is 5.56 Å². The van der Waals surface area contributed by atoms with Gasteiger partial charge >= 0.3 is 0 Å². The van der Waals surface area contributed by atoms with Crippen LogP contribution in [-0.2, 0) is 6.61 Å². The zero-order chi connectivity index (χ0) is 23.5. The number of benzene rings is 3. The van der Waals surface area contributed by atoms with Crippen LogP contribution in [0.3, 0.4) is 0 Å². The molecular weight excluding hydrogens is 450 g/mol. The Bertz CT molecular complexity index is 1560. The lowest BCUT2D eigenvalue weighted by molar-refractivity contribution is 0.305. The SMILES string of the molecule is COc1ccc(-c2nnc3s/c(=C/c4ccccc4OCc4ccccc4)c(=O)n23)cc1OC. The molecule has 2 heterocycles. The van der Waals surface area contributed by atoms with Gasteiger partial charge in [-0.3, -0.25) is 4.79 Å². The van der Waals surface area contributed by atoms with Crippen LogP contribution in [-0.4, -0.2) is 28.8 Å². The van der Waals surface area contributed by atoms with Crippen LogP contribution in [0.2, 0.25) is 0 Å². The first-order chi connectivity index (χ1) is 16.7. The third-order valence-corrected chi connectivity index (χ3v) is 6.29. The molecule has 8 heteroatoms. The van der Waals surface area contributed by atoms with E-state index in [0.717, 1.165) is 11.1 Å². The largest absolute Gasteiger partial charge is 0.493 e. The Morgan fingerprint density at radius 2 is 1.65 bits per heavy atom. The summed E-state index contributed by atoms with van der Waals surface area (Å²) in [7, 11) is 3.14. The lowest BCUT2D eigenvalue weighted by Gasteiger charge is -2.09. The summed E-state index contributed by atoms with van der Waals surface area (Å²) in [5.74, 6) is 2.30. The highest BCUT2D eigenvalue weighted by molar-refractivity contribution is 7.15. The quantitative estimate of drug-likeness (QED) is 0.358. The van der Waals surface area contributed by atoms with Gasteiger partial charge in [-0.15, -0.1) is 10.2 Å². The number of aromatic nitrogens is 3. The van der Waals surface area contributed by atoms with Gasteiger partial charge < -0.3 is 14.2 Å². The standard InChI is InChI=1S/C26H21N3O4S/c1-31-21-13-12-19(14-22(21)32-2)24-27-28-26-29(24)25(30)23(34-26)15-18-10-6-7-11-20(18)33-16-17-8-4-3-5-9-17/h3-15H,16H2,1-2H3/b23-15+. The highest BCUT2D eigenvalue weighted by Crippen LogP contribution is 2.31. The molecule has 5 aromatic rings. The summed E-state index contributed by atoms with van der Waals surface area (Å²) in [4.78, 5) is 13.8. The Kier molecular flexibility index (Phi) is 5.97. The molecule has 170 valence electrons. The molecule has 0 aliphatic carbocycles. The predicted octanol–water partition coefficient (Wildman–Crippen LogP) is 3.96. The van der Waals surface area contributed by atoms with Crippen molar-refractivity contribution >= 4 is 22.4 Å². The monoisotopic (exact) mass is 471 g/mol. The van der Waals surface area contributed by atoms with E-state index in [4.69, 9.17) is 14.2 Å².